The van der Waals surface area contributed by atoms with E-state index in [1.807, 2.05) is 54.6 Å². The number of hydrogen-bond acceptors (Lipinski definition) is 4. The van der Waals surface area contributed by atoms with E-state index in [0.29, 0.717) is 37.3 Å². The van der Waals surface area contributed by atoms with E-state index in [1.165, 1.54) is 0 Å². The van der Waals surface area contributed by atoms with Gasteiger partial charge in [-0.3, -0.25) is 9.59 Å². The first-order valence-electron chi connectivity index (χ1n) is 9.63. The summed E-state index contributed by atoms with van der Waals surface area (Å²) >= 11 is 0. The molecule has 4 rings (SSSR count). The second-order valence-corrected chi connectivity index (χ2v) is 7.41. The van der Waals surface area contributed by atoms with Gasteiger partial charge in [0.05, 0.1) is 18.1 Å². The van der Waals surface area contributed by atoms with Crippen molar-refractivity contribution in [3.63, 3.8) is 0 Å². The molecule has 0 aromatic heterocycles. The fraction of sp³-hybridized carbons (Fsp3) is 0.304. The minimum absolute atomic E-state index is 0.106. The average Bonchev–Trinajstić information content (AvgIpc) is 2.78. The van der Waals surface area contributed by atoms with Gasteiger partial charge in [-0.2, -0.15) is 0 Å². The second-order valence-electron chi connectivity index (χ2n) is 7.41. The van der Waals surface area contributed by atoms with Crippen LogP contribution in [-0.4, -0.2) is 48.7 Å². The molecule has 150 valence electrons. The van der Waals surface area contributed by atoms with Crippen molar-refractivity contribution < 1.29 is 24.2 Å². The molecule has 2 aromatic rings. The zero-order valence-electron chi connectivity index (χ0n) is 16.3. The molecule has 2 aromatic carbocycles. The van der Waals surface area contributed by atoms with Crippen molar-refractivity contribution in [3.8, 4) is 11.5 Å². The van der Waals surface area contributed by atoms with Crippen molar-refractivity contribution in [2.24, 2.45) is 0 Å². The highest BCUT2D eigenvalue weighted by atomic mass is 16.5. The first kappa shape index (κ1) is 19.1. The number of ether oxygens (including phenoxy) is 2. The van der Waals surface area contributed by atoms with Crippen LogP contribution in [0.1, 0.15) is 24.0 Å². The summed E-state index contributed by atoms with van der Waals surface area (Å²) in [6.45, 7) is 0.988. The molecule has 0 spiro atoms. The predicted octanol–water partition coefficient (Wildman–Crippen LogP) is 3.12. The predicted molar refractivity (Wildman–Crippen MR) is 108 cm³/mol. The molecule has 29 heavy (non-hydrogen) atoms. The van der Waals surface area contributed by atoms with E-state index in [-0.39, 0.29) is 12.5 Å². The standard InChI is InChI=1S/C23H23NO5/c1-28-19-7-8-20-16(14-19)13-17(15-29-20)21(25)24-11-9-23(10-12-24,22(26)27)18-5-3-2-4-6-18/h2-8,13-14H,9-12,15H2,1H3,(H,26,27). The van der Waals surface area contributed by atoms with Gasteiger partial charge in [-0.1, -0.05) is 30.3 Å². The van der Waals surface area contributed by atoms with Crippen molar-refractivity contribution >= 4 is 18.0 Å². The molecule has 0 bridgehead atoms. The number of methoxy groups -OCH3 is 1. The van der Waals surface area contributed by atoms with E-state index in [9.17, 15) is 14.7 Å². The third-order valence-electron chi connectivity index (χ3n) is 5.84. The first-order valence-corrected chi connectivity index (χ1v) is 9.63. The number of carbonyl (C=O) groups excluding carboxylic acids is 1. The highest BCUT2D eigenvalue weighted by Gasteiger charge is 2.44. The summed E-state index contributed by atoms with van der Waals surface area (Å²) < 4.78 is 11.0. The molecule has 0 radical (unpaired) electrons. The lowest BCUT2D eigenvalue weighted by atomic mass is 9.72. The van der Waals surface area contributed by atoms with E-state index in [1.54, 1.807) is 12.0 Å². The molecule has 0 saturated carbocycles. The van der Waals surface area contributed by atoms with E-state index in [4.69, 9.17) is 9.47 Å². The number of carbonyl (C=O) groups is 2. The SMILES string of the molecule is COc1ccc2c(c1)C=C(C(=O)N1CCC(C(=O)O)(c3ccccc3)CC1)CO2. The Hall–Kier alpha value is -3.28. The second kappa shape index (κ2) is 7.62. The number of aliphatic carboxylic acids is 1. The molecule has 2 aliphatic rings. The van der Waals surface area contributed by atoms with Gasteiger partial charge >= 0.3 is 5.97 Å². The summed E-state index contributed by atoms with van der Waals surface area (Å²) in [7, 11) is 1.59. The summed E-state index contributed by atoms with van der Waals surface area (Å²) in [5, 5.41) is 9.93. The lowest BCUT2D eigenvalue weighted by Gasteiger charge is -2.39. The van der Waals surface area contributed by atoms with Gasteiger partial charge in [-0.05, 0) is 42.7 Å². The van der Waals surface area contributed by atoms with Crippen LogP contribution in [-0.2, 0) is 15.0 Å². The number of fused-ring (bicyclic) bond motifs is 1. The number of carboxylic acid groups (broad SMARTS) is 1. The Morgan fingerprint density at radius 1 is 1.10 bits per heavy atom. The number of nitrogens with zero attached hydrogens (tertiary/aromatic N) is 1. The van der Waals surface area contributed by atoms with E-state index in [2.05, 4.69) is 0 Å². The normalized spacial score (nSPS) is 17.6. The van der Waals surface area contributed by atoms with Crippen LogP contribution in [0.15, 0.2) is 54.1 Å². The van der Waals surface area contributed by atoms with Gasteiger partial charge in [0, 0.05) is 18.7 Å². The third kappa shape index (κ3) is 3.46. The van der Waals surface area contributed by atoms with Gasteiger partial charge in [0.2, 0.25) is 0 Å². The number of likely N-dealkylation sites (tertiary alicyclic amines) is 1. The fourth-order valence-electron chi connectivity index (χ4n) is 4.08. The van der Waals surface area contributed by atoms with E-state index >= 15 is 0 Å². The van der Waals surface area contributed by atoms with Gasteiger partial charge in [-0.25, -0.2) is 0 Å². The van der Waals surface area contributed by atoms with Gasteiger partial charge in [0.15, 0.2) is 0 Å². The Balaban J connectivity index is 1.52. The van der Waals surface area contributed by atoms with Crippen LogP contribution in [0, 0.1) is 0 Å². The van der Waals surface area contributed by atoms with Crippen molar-refractivity contribution in [1.82, 2.24) is 4.90 Å². The molecular weight excluding hydrogens is 370 g/mol. The minimum atomic E-state index is -0.949. The quantitative estimate of drug-likeness (QED) is 0.864. The van der Waals surface area contributed by atoms with Gasteiger partial charge in [0.1, 0.15) is 18.1 Å². The van der Waals surface area contributed by atoms with Crippen molar-refractivity contribution in [3.05, 3.63) is 65.2 Å². The molecule has 1 amide bonds. The third-order valence-corrected chi connectivity index (χ3v) is 5.84. The molecule has 2 aliphatic heterocycles. The average molecular weight is 393 g/mol. The van der Waals surface area contributed by atoms with E-state index < -0.39 is 11.4 Å². The van der Waals surface area contributed by atoms with Crippen LogP contribution < -0.4 is 9.47 Å². The molecule has 6 nitrogen and oxygen atoms in total. The maximum Gasteiger partial charge on any atom is 0.314 e. The van der Waals surface area contributed by atoms with Crippen LogP contribution >= 0.6 is 0 Å². The summed E-state index contributed by atoms with van der Waals surface area (Å²) in [6.07, 6.45) is 2.60. The molecule has 2 heterocycles. The summed E-state index contributed by atoms with van der Waals surface area (Å²) in [5.74, 6) is 0.474. The molecule has 1 fully saturated rings. The van der Waals surface area contributed by atoms with Gasteiger partial charge in [0.25, 0.3) is 5.91 Å². The van der Waals surface area contributed by atoms with Crippen LogP contribution in [0.2, 0.25) is 0 Å². The van der Waals surface area contributed by atoms with Crippen molar-refractivity contribution in [1.29, 1.82) is 0 Å². The Labute approximate surface area is 169 Å². The lowest BCUT2D eigenvalue weighted by Crippen LogP contribution is -2.49. The van der Waals surface area contributed by atoms with Crippen molar-refractivity contribution in [2.75, 3.05) is 26.8 Å². The number of benzene rings is 2. The molecule has 1 saturated heterocycles. The maximum atomic E-state index is 13.0. The number of carboxylic acids is 1. The van der Waals surface area contributed by atoms with E-state index in [0.717, 1.165) is 16.9 Å². The van der Waals surface area contributed by atoms with Crippen LogP contribution in [0.4, 0.5) is 0 Å². The highest BCUT2D eigenvalue weighted by Crippen LogP contribution is 2.37. The molecule has 0 unspecified atom stereocenters. The Morgan fingerprint density at radius 2 is 1.83 bits per heavy atom. The first-order chi connectivity index (χ1) is 14.0. The number of hydrogen-bond donors (Lipinski definition) is 1. The molecule has 1 N–H and O–H groups in total. The number of amides is 1. The Kier molecular flexibility index (Phi) is 5.01. The monoisotopic (exact) mass is 393 g/mol. The zero-order chi connectivity index (χ0) is 20.4. The molecule has 0 aliphatic carbocycles. The summed E-state index contributed by atoms with van der Waals surface area (Å²) in [4.78, 5) is 26.9. The number of piperidine rings is 1. The fourth-order valence-corrected chi connectivity index (χ4v) is 4.08. The largest absolute Gasteiger partial charge is 0.497 e. The molecule has 6 heteroatoms. The lowest BCUT2D eigenvalue weighted by molar-refractivity contribution is -0.147. The van der Waals surface area contributed by atoms with Gasteiger partial charge in [-0.15, -0.1) is 0 Å². The van der Waals surface area contributed by atoms with Gasteiger partial charge < -0.3 is 19.5 Å². The zero-order valence-corrected chi connectivity index (χ0v) is 16.3. The molecule has 0 atom stereocenters. The van der Waals surface area contributed by atoms with Crippen molar-refractivity contribution in [2.45, 2.75) is 18.3 Å². The number of rotatable bonds is 4. The Bertz CT molecular complexity index is 958. The Morgan fingerprint density at radius 3 is 2.48 bits per heavy atom. The maximum absolute atomic E-state index is 13.0. The molecular formula is C23H23NO5. The minimum Gasteiger partial charge on any atom is -0.497 e. The topological polar surface area (TPSA) is 76.1 Å². The highest BCUT2D eigenvalue weighted by molar-refractivity contribution is 5.99. The smallest absolute Gasteiger partial charge is 0.314 e. The van der Waals surface area contributed by atoms with Crippen LogP contribution in [0.3, 0.4) is 0 Å². The van der Waals surface area contributed by atoms with Crippen LogP contribution in [0.5, 0.6) is 11.5 Å². The summed E-state index contributed by atoms with van der Waals surface area (Å²) in [5.41, 5.74) is 1.21. The summed E-state index contributed by atoms with van der Waals surface area (Å²) in [6, 6.07) is 14.8. The van der Waals surface area contributed by atoms with Crippen LogP contribution in [0.25, 0.3) is 6.08 Å².